The van der Waals surface area contributed by atoms with Crippen LogP contribution in [0.1, 0.15) is 151 Å². The van der Waals surface area contributed by atoms with Crippen LogP contribution in [0.2, 0.25) is 0 Å². The van der Waals surface area contributed by atoms with Gasteiger partial charge in [-0.1, -0.05) is 77.6 Å². The van der Waals surface area contributed by atoms with Gasteiger partial charge in [0.15, 0.2) is 0 Å². The molecule has 0 amide bonds. The van der Waals surface area contributed by atoms with Crippen LogP contribution >= 0.6 is 0 Å². The lowest BCUT2D eigenvalue weighted by Crippen LogP contribution is -1.94. The third-order valence-corrected chi connectivity index (χ3v) is 12.5. The first kappa shape index (κ1) is 40.8. The molecule has 0 spiro atoms. The number of benzene rings is 2. The van der Waals surface area contributed by atoms with Crippen LogP contribution in [0.5, 0.6) is 0 Å². The number of nitrogens with two attached hydrogens (primary N) is 2. The highest BCUT2D eigenvalue weighted by atomic mass is 14.8. The lowest BCUT2D eigenvalue weighted by molar-refractivity contribution is 0.796. The summed E-state index contributed by atoms with van der Waals surface area (Å²) in [6.45, 7) is 18.2. The molecule has 0 unspecified atom stereocenters. The minimum atomic E-state index is 0.735. The lowest BCUT2D eigenvalue weighted by atomic mass is 9.92. The number of aromatic amines is 2. The maximum absolute atomic E-state index is 6.56. The SMILES string of the molecule is CCCCC1=C(C)c2nc1cc1[nH]c(c(C)c1CCCC)c(-c1cccc(N)c1)c1[nH]c(cc3nc(c2-c2cccc(N)c2)C(C)=C3CCCC)c(CCCC)c1C. The van der Waals surface area contributed by atoms with E-state index in [1.54, 1.807) is 0 Å². The summed E-state index contributed by atoms with van der Waals surface area (Å²) in [7, 11) is 0. The van der Waals surface area contributed by atoms with Gasteiger partial charge in [0.1, 0.15) is 0 Å². The van der Waals surface area contributed by atoms with Gasteiger partial charge in [-0.05, 0) is 171 Å². The molecule has 2 aromatic carbocycles. The molecule has 0 atom stereocenters. The Morgan fingerprint density at radius 3 is 1.29 bits per heavy atom. The minimum absolute atomic E-state index is 0.735. The van der Waals surface area contributed by atoms with Crippen molar-refractivity contribution in [2.75, 3.05) is 11.5 Å². The van der Waals surface area contributed by atoms with Crippen LogP contribution in [0, 0.1) is 13.8 Å². The van der Waals surface area contributed by atoms with Crippen LogP contribution in [-0.2, 0) is 12.8 Å². The first-order valence-electron chi connectivity index (χ1n) is 22.0. The summed E-state index contributed by atoms with van der Waals surface area (Å²) in [5.41, 5.74) is 37.9. The van der Waals surface area contributed by atoms with Crippen LogP contribution in [0.3, 0.4) is 0 Å². The average Bonchev–Trinajstić information content (AvgIpc) is 3.88. The molecule has 6 N–H and O–H groups in total. The van der Waals surface area contributed by atoms with Crippen molar-refractivity contribution in [2.24, 2.45) is 0 Å². The van der Waals surface area contributed by atoms with Crippen molar-refractivity contribution < 1.29 is 0 Å². The number of aromatic nitrogens is 4. The van der Waals surface area contributed by atoms with Gasteiger partial charge in [-0.3, -0.25) is 0 Å². The monoisotopic (exact) mass is 773 g/mol. The van der Waals surface area contributed by atoms with E-state index in [0.29, 0.717) is 0 Å². The smallest absolute Gasteiger partial charge is 0.0769 e. The number of anilines is 2. The maximum Gasteiger partial charge on any atom is 0.0769 e. The first-order valence-corrected chi connectivity index (χ1v) is 22.0. The van der Waals surface area contributed by atoms with Crippen molar-refractivity contribution in [3.63, 3.8) is 0 Å². The molecule has 7 rings (SSSR count). The lowest BCUT2D eigenvalue weighted by Gasteiger charge is -2.11. The molecule has 0 saturated carbocycles. The van der Waals surface area contributed by atoms with Crippen molar-refractivity contribution in [2.45, 2.75) is 132 Å². The molecule has 3 aromatic heterocycles. The fraction of sp³-hybridized carbons (Fsp3) is 0.385. The molecule has 2 aliphatic rings. The number of hydrogen-bond donors (Lipinski definition) is 4. The number of hydrogen-bond acceptors (Lipinski definition) is 4. The molecule has 5 aromatic rings. The van der Waals surface area contributed by atoms with E-state index in [9.17, 15) is 0 Å². The molecule has 58 heavy (non-hydrogen) atoms. The number of nitrogens with one attached hydrogen (secondary N) is 2. The predicted octanol–water partition coefficient (Wildman–Crippen LogP) is 14.4. The van der Waals surface area contributed by atoms with Crippen molar-refractivity contribution in [1.29, 1.82) is 0 Å². The van der Waals surface area contributed by atoms with E-state index in [0.717, 1.165) is 156 Å². The second-order valence-electron chi connectivity index (χ2n) is 16.6. The molecule has 2 aliphatic heterocycles. The summed E-state index contributed by atoms with van der Waals surface area (Å²) < 4.78 is 0. The molecule has 0 saturated heterocycles. The molecule has 8 bridgehead atoms. The molecule has 0 aliphatic carbocycles. The normalized spacial score (nSPS) is 13.0. The molecule has 6 heteroatoms. The standard InChI is InChI=1S/C52H64N6/c1-9-13-23-39-31(5)49-47(35-19-17-21-37(53)27-35)50-33(7)41(25-15-11-3)45(57-50)30-46-42(26-16-12-4)34(8)52(58-46)48(36-20-18-22-38(54)28-36)51-32(6)40(24-14-10-2)44(56-51)29-43(39)55-49/h17-22,27-30,55,57H,9-16,23-26,53-54H2,1-8H3. The van der Waals surface area contributed by atoms with Gasteiger partial charge in [0, 0.05) is 33.5 Å². The summed E-state index contributed by atoms with van der Waals surface area (Å²) >= 11 is 0. The Labute approximate surface area is 346 Å². The number of nitrogen functional groups attached to an aromatic ring is 2. The molecule has 6 nitrogen and oxygen atoms in total. The highest BCUT2D eigenvalue weighted by Crippen LogP contribution is 2.45. The highest BCUT2D eigenvalue weighted by Gasteiger charge is 2.27. The van der Waals surface area contributed by atoms with Gasteiger partial charge in [-0.15, -0.1) is 0 Å². The number of fused-ring (bicyclic) bond motifs is 8. The van der Waals surface area contributed by atoms with Gasteiger partial charge >= 0.3 is 0 Å². The van der Waals surface area contributed by atoms with Gasteiger partial charge in [0.2, 0.25) is 0 Å². The number of allylic oxidation sites excluding steroid dienone is 4. The Morgan fingerprint density at radius 1 is 0.500 bits per heavy atom. The van der Waals surface area contributed by atoms with Crippen LogP contribution in [-0.4, -0.2) is 19.9 Å². The van der Waals surface area contributed by atoms with Crippen LogP contribution < -0.4 is 11.5 Å². The van der Waals surface area contributed by atoms with E-state index >= 15 is 0 Å². The van der Waals surface area contributed by atoms with Crippen molar-refractivity contribution in [3.8, 4) is 22.3 Å². The van der Waals surface area contributed by atoms with E-state index in [-0.39, 0.29) is 0 Å². The zero-order chi connectivity index (χ0) is 41.1. The Balaban J connectivity index is 1.76. The van der Waals surface area contributed by atoms with Crippen molar-refractivity contribution in [1.82, 2.24) is 19.9 Å². The van der Waals surface area contributed by atoms with E-state index in [1.165, 1.54) is 44.5 Å². The Hall–Kier alpha value is -5.36. The molecule has 5 heterocycles. The Bertz CT molecular complexity index is 2440. The Morgan fingerprint density at radius 2 is 0.897 bits per heavy atom. The van der Waals surface area contributed by atoms with Crippen LogP contribution in [0.15, 0.2) is 60.7 Å². The number of aryl methyl sites for hydroxylation is 4. The molecule has 0 radical (unpaired) electrons. The quantitative estimate of drug-likeness (QED) is 0.0843. The summed E-state index contributed by atoms with van der Waals surface area (Å²) in [5.74, 6) is 0. The number of H-pyrrole nitrogens is 2. The van der Waals surface area contributed by atoms with Gasteiger partial charge in [-0.25, -0.2) is 9.97 Å². The fourth-order valence-electron chi connectivity index (χ4n) is 9.15. The van der Waals surface area contributed by atoms with Crippen molar-refractivity contribution in [3.05, 3.63) is 106 Å². The van der Waals surface area contributed by atoms with E-state index in [1.807, 2.05) is 12.1 Å². The van der Waals surface area contributed by atoms with E-state index in [4.69, 9.17) is 21.4 Å². The summed E-state index contributed by atoms with van der Waals surface area (Å²) in [6, 6.07) is 21.4. The van der Waals surface area contributed by atoms with E-state index in [2.05, 4.69) is 114 Å². The topological polar surface area (TPSA) is 109 Å². The molecule has 0 fully saturated rings. The third kappa shape index (κ3) is 7.78. The summed E-state index contributed by atoms with van der Waals surface area (Å²) in [4.78, 5) is 19.4. The number of nitrogens with zero attached hydrogens (tertiary/aromatic N) is 2. The van der Waals surface area contributed by atoms with Gasteiger partial charge < -0.3 is 21.4 Å². The first-order chi connectivity index (χ1) is 28.1. The number of unbranched alkanes of at least 4 members (excludes halogenated alkanes) is 4. The average molecular weight is 773 g/mol. The highest BCUT2D eigenvalue weighted by molar-refractivity contribution is 6.03. The predicted molar refractivity (Wildman–Crippen MR) is 251 cm³/mol. The van der Waals surface area contributed by atoms with Crippen molar-refractivity contribution >= 4 is 55.7 Å². The Kier molecular flexibility index (Phi) is 12.4. The summed E-state index contributed by atoms with van der Waals surface area (Å²) in [5, 5.41) is 0. The van der Waals surface area contributed by atoms with E-state index < -0.39 is 0 Å². The second kappa shape index (κ2) is 17.6. The zero-order valence-electron chi connectivity index (χ0n) is 36.3. The molecular formula is C52H64N6. The maximum atomic E-state index is 6.56. The van der Waals surface area contributed by atoms with Crippen LogP contribution in [0.4, 0.5) is 11.4 Å². The summed E-state index contributed by atoms with van der Waals surface area (Å²) in [6.07, 6.45) is 12.7. The molecule has 302 valence electrons. The minimum Gasteiger partial charge on any atom is -0.399 e. The van der Waals surface area contributed by atoms with Gasteiger partial charge in [0.05, 0.1) is 33.8 Å². The largest absolute Gasteiger partial charge is 0.399 e. The van der Waals surface area contributed by atoms with Gasteiger partial charge in [-0.2, -0.15) is 0 Å². The number of rotatable bonds is 14. The fourth-order valence-corrected chi connectivity index (χ4v) is 9.15. The zero-order valence-corrected chi connectivity index (χ0v) is 36.3. The second-order valence-corrected chi connectivity index (χ2v) is 16.6. The van der Waals surface area contributed by atoms with Gasteiger partial charge in [0.25, 0.3) is 0 Å². The molecular weight excluding hydrogens is 709 g/mol. The van der Waals surface area contributed by atoms with Crippen LogP contribution in [0.25, 0.3) is 66.6 Å². The third-order valence-electron chi connectivity index (χ3n) is 12.5.